The van der Waals surface area contributed by atoms with Gasteiger partial charge in [0.05, 0.1) is 16.4 Å². The van der Waals surface area contributed by atoms with Crippen molar-refractivity contribution in [2.45, 2.75) is 6.92 Å². The molecule has 126 valence electrons. The van der Waals surface area contributed by atoms with Crippen molar-refractivity contribution in [2.75, 3.05) is 6.54 Å². The van der Waals surface area contributed by atoms with Crippen LogP contribution in [0.3, 0.4) is 0 Å². The van der Waals surface area contributed by atoms with Crippen LogP contribution < -0.4 is 5.32 Å². The minimum atomic E-state index is -1.00. The first-order valence-electron chi connectivity index (χ1n) is 7.09. The lowest BCUT2D eigenvalue weighted by atomic mass is 10.1. The van der Waals surface area contributed by atoms with Gasteiger partial charge in [-0.1, -0.05) is 6.92 Å². The van der Waals surface area contributed by atoms with Gasteiger partial charge in [0.15, 0.2) is 0 Å². The monoisotopic (exact) mass is 332 g/mol. The van der Waals surface area contributed by atoms with Crippen LogP contribution in [0.2, 0.25) is 0 Å². The zero-order valence-corrected chi connectivity index (χ0v) is 13.1. The predicted molar refractivity (Wildman–Crippen MR) is 84.4 cm³/mol. The molecule has 0 aliphatic rings. The number of amides is 1. The molecular formula is C15H16N4O5. The lowest BCUT2D eigenvalue weighted by Gasteiger charge is -2.08. The Morgan fingerprint density at radius 2 is 2.00 bits per heavy atom. The van der Waals surface area contributed by atoms with Gasteiger partial charge < -0.3 is 10.4 Å². The second kappa shape index (κ2) is 6.90. The minimum Gasteiger partial charge on any atom is -0.481 e. The van der Waals surface area contributed by atoms with Gasteiger partial charge in [0.1, 0.15) is 5.69 Å². The Kier molecular flexibility index (Phi) is 4.93. The third-order valence-electron chi connectivity index (χ3n) is 3.42. The number of nitrogens with zero attached hydrogens (tertiary/aromatic N) is 3. The van der Waals surface area contributed by atoms with E-state index in [9.17, 15) is 19.7 Å². The summed E-state index contributed by atoms with van der Waals surface area (Å²) < 4.78 is 1.45. The summed E-state index contributed by atoms with van der Waals surface area (Å²) in [6.45, 7) is 1.48. The number of hydrogen-bond donors (Lipinski definition) is 2. The highest BCUT2D eigenvalue weighted by molar-refractivity contribution is 6.00. The van der Waals surface area contributed by atoms with Crippen LogP contribution in [0.5, 0.6) is 0 Å². The maximum absolute atomic E-state index is 12.3. The molecule has 1 amide bonds. The maximum atomic E-state index is 12.3. The van der Waals surface area contributed by atoms with Gasteiger partial charge in [-0.25, -0.2) is 0 Å². The van der Waals surface area contributed by atoms with Crippen molar-refractivity contribution in [1.82, 2.24) is 15.1 Å². The predicted octanol–water partition coefficient (Wildman–Crippen LogP) is 1.45. The van der Waals surface area contributed by atoms with Gasteiger partial charge in [0.25, 0.3) is 11.6 Å². The number of nitrogens with one attached hydrogen (secondary N) is 1. The van der Waals surface area contributed by atoms with Gasteiger partial charge in [-0.15, -0.1) is 0 Å². The molecule has 1 unspecified atom stereocenters. The summed E-state index contributed by atoms with van der Waals surface area (Å²) in [5.41, 5.74) is 1.13. The van der Waals surface area contributed by atoms with Crippen molar-refractivity contribution >= 4 is 17.6 Å². The van der Waals surface area contributed by atoms with E-state index in [1.165, 1.54) is 42.1 Å². The number of aromatic nitrogens is 2. The lowest BCUT2D eigenvalue weighted by Crippen LogP contribution is -2.31. The molecule has 2 aromatic rings. The van der Waals surface area contributed by atoms with Gasteiger partial charge >= 0.3 is 5.97 Å². The van der Waals surface area contributed by atoms with Crippen LogP contribution in [-0.4, -0.2) is 38.2 Å². The maximum Gasteiger partial charge on any atom is 0.308 e. The van der Waals surface area contributed by atoms with E-state index in [0.29, 0.717) is 11.3 Å². The van der Waals surface area contributed by atoms with Gasteiger partial charge in [-0.3, -0.25) is 24.4 Å². The van der Waals surface area contributed by atoms with E-state index in [1.807, 2.05) is 0 Å². The molecule has 1 heterocycles. The van der Waals surface area contributed by atoms with Crippen molar-refractivity contribution in [3.8, 4) is 11.3 Å². The average Bonchev–Trinajstić information content (AvgIpc) is 2.94. The Balaban J connectivity index is 2.25. The third-order valence-corrected chi connectivity index (χ3v) is 3.42. The Morgan fingerprint density at radius 1 is 1.38 bits per heavy atom. The van der Waals surface area contributed by atoms with E-state index in [-0.39, 0.29) is 17.8 Å². The van der Waals surface area contributed by atoms with Crippen LogP contribution in [0, 0.1) is 16.0 Å². The number of aryl methyl sites for hydroxylation is 1. The fourth-order valence-corrected chi connectivity index (χ4v) is 2.04. The molecule has 0 aliphatic carbocycles. The fourth-order valence-electron chi connectivity index (χ4n) is 2.04. The summed E-state index contributed by atoms with van der Waals surface area (Å²) in [6, 6.07) is 5.69. The smallest absolute Gasteiger partial charge is 0.308 e. The van der Waals surface area contributed by atoms with E-state index < -0.39 is 22.7 Å². The molecule has 1 atom stereocenters. The standard InChI is InChI=1S/C15H16N4O5/c1-9(15(21)22)7-16-14(20)12-8-18(2)17-13(12)10-3-5-11(6-4-10)19(23)24/h3-6,8-9H,7H2,1-2H3,(H,16,20)(H,21,22). The summed E-state index contributed by atoms with van der Waals surface area (Å²) in [5, 5.41) is 26.3. The third kappa shape index (κ3) is 3.75. The van der Waals surface area contributed by atoms with Crippen LogP contribution in [0.1, 0.15) is 17.3 Å². The van der Waals surface area contributed by atoms with E-state index in [0.717, 1.165) is 0 Å². The average molecular weight is 332 g/mol. The number of carbonyl (C=O) groups excluding carboxylic acids is 1. The summed E-state index contributed by atoms with van der Waals surface area (Å²) in [4.78, 5) is 33.3. The fraction of sp³-hybridized carbons (Fsp3) is 0.267. The first-order chi connectivity index (χ1) is 11.3. The Hall–Kier alpha value is -3.23. The summed E-state index contributed by atoms with van der Waals surface area (Å²) >= 11 is 0. The number of carboxylic acids is 1. The zero-order valence-electron chi connectivity index (χ0n) is 13.1. The lowest BCUT2D eigenvalue weighted by molar-refractivity contribution is -0.384. The molecule has 1 aromatic heterocycles. The molecule has 0 saturated heterocycles. The topological polar surface area (TPSA) is 127 Å². The molecule has 1 aromatic carbocycles. The van der Waals surface area contributed by atoms with Gasteiger partial charge in [-0.05, 0) is 12.1 Å². The number of non-ortho nitro benzene ring substituents is 1. The summed E-state index contributed by atoms with van der Waals surface area (Å²) in [5.74, 6) is -2.17. The van der Waals surface area contributed by atoms with Crippen molar-refractivity contribution in [3.05, 3.63) is 46.1 Å². The molecular weight excluding hydrogens is 316 g/mol. The number of rotatable bonds is 6. The van der Waals surface area contributed by atoms with Crippen LogP contribution in [-0.2, 0) is 11.8 Å². The number of carboxylic acid groups (broad SMARTS) is 1. The molecule has 0 radical (unpaired) electrons. The van der Waals surface area contributed by atoms with Crippen LogP contribution >= 0.6 is 0 Å². The molecule has 0 saturated carbocycles. The molecule has 0 bridgehead atoms. The number of hydrogen-bond acceptors (Lipinski definition) is 5. The molecule has 9 nitrogen and oxygen atoms in total. The molecule has 2 N–H and O–H groups in total. The van der Waals surface area contributed by atoms with Crippen molar-refractivity contribution in [3.63, 3.8) is 0 Å². The highest BCUT2D eigenvalue weighted by Gasteiger charge is 2.19. The van der Waals surface area contributed by atoms with Gasteiger partial charge in [0.2, 0.25) is 0 Å². The normalized spacial score (nSPS) is 11.8. The van der Waals surface area contributed by atoms with E-state index in [2.05, 4.69) is 10.4 Å². The highest BCUT2D eigenvalue weighted by atomic mass is 16.6. The molecule has 0 aliphatic heterocycles. The van der Waals surface area contributed by atoms with Crippen LogP contribution in [0.15, 0.2) is 30.5 Å². The molecule has 2 rings (SSSR count). The zero-order chi connectivity index (χ0) is 17.9. The van der Waals surface area contributed by atoms with Gasteiger partial charge in [0, 0.05) is 37.5 Å². The second-order valence-corrected chi connectivity index (χ2v) is 5.32. The first kappa shape index (κ1) is 17.1. The Morgan fingerprint density at radius 3 is 2.54 bits per heavy atom. The van der Waals surface area contributed by atoms with Crippen LogP contribution in [0.4, 0.5) is 5.69 Å². The number of aliphatic carboxylic acids is 1. The first-order valence-corrected chi connectivity index (χ1v) is 7.09. The molecule has 0 spiro atoms. The quantitative estimate of drug-likeness (QED) is 0.608. The Bertz CT molecular complexity index is 782. The molecule has 9 heteroatoms. The van der Waals surface area contributed by atoms with E-state index >= 15 is 0 Å². The highest BCUT2D eigenvalue weighted by Crippen LogP contribution is 2.24. The number of nitro groups is 1. The Labute approximate surface area is 137 Å². The number of benzene rings is 1. The van der Waals surface area contributed by atoms with Gasteiger partial charge in [-0.2, -0.15) is 5.10 Å². The number of nitro benzene ring substituents is 1. The molecule has 24 heavy (non-hydrogen) atoms. The number of carbonyl (C=O) groups is 2. The minimum absolute atomic E-state index is 0.0111. The summed E-state index contributed by atoms with van der Waals surface area (Å²) in [6.07, 6.45) is 1.51. The van der Waals surface area contributed by atoms with E-state index in [1.54, 1.807) is 7.05 Å². The van der Waals surface area contributed by atoms with Crippen molar-refractivity contribution in [2.24, 2.45) is 13.0 Å². The van der Waals surface area contributed by atoms with Crippen molar-refractivity contribution in [1.29, 1.82) is 0 Å². The second-order valence-electron chi connectivity index (χ2n) is 5.32. The SMILES string of the molecule is CC(CNC(=O)c1cn(C)nc1-c1ccc([N+](=O)[O-])cc1)C(=O)O. The molecule has 0 fully saturated rings. The van der Waals surface area contributed by atoms with E-state index in [4.69, 9.17) is 5.11 Å². The van der Waals surface area contributed by atoms with Crippen molar-refractivity contribution < 1.29 is 19.6 Å². The van der Waals surface area contributed by atoms with Crippen LogP contribution in [0.25, 0.3) is 11.3 Å². The largest absolute Gasteiger partial charge is 0.481 e. The summed E-state index contributed by atoms with van der Waals surface area (Å²) in [7, 11) is 1.64.